The summed E-state index contributed by atoms with van der Waals surface area (Å²) in [5.74, 6) is -0.150. The van der Waals surface area contributed by atoms with Gasteiger partial charge in [0.05, 0.1) is 4.90 Å². The van der Waals surface area contributed by atoms with Gasteiger partial charge in [0.15, 0.2) is 5.78 Å². The summed E-state index contributed by atoms with van der Waals surface area (Å²) in [5.41, 5.74) is 2.56. The predicted molar refractivity (Wildman–Crippen MR) is 95.2 cm³/mol. The summed E-state index contributed by atoms with van der Waals surface area (Å²) in [4.78, 5) is 16.5. The topological polar surface area (TPSA) is 69.0 Å². The highest BCUT2D eigenvalue weighted by molar-refractivity contribution is 7.90. The number of rotatable bonds is 5. The van der Waals surface area contributed by atoms with Crippen molar-refractivity contribution in [2.45, 2.75) is 25.2 Å². The lowest BCUT2D eigenvalue weighted by molar-refractivity contribution is 0.0988. The number of pyridine rings is 1. The number of carbonyl (C=O) groups is 1. The van der Waals surface area contributed by atoms with E-state index < -0.39 is 10.0 Å². The third-order valence-electron chi connectivity index (χ3n) is 3.94. The predicted octanol–water partition coefficient (Wildman–Crippen LogP) is 3.16. The molecular weight excluding hydrogens is 336 g/mol. The second kappa shape index (κ2) is 6.64. The van der Waals surface area contributed by atoms with Crippen molar-refractivity contribution in [3.8, 4) is 0 Å². The molecule has 0 amide bonds. The van der Waals surface area contributed by atoms with Crippen LogP contribution >= 0.6 is 0 Å². The first kappa shape index (κ1) is 17.1. The molecule has 1 aromatic carbocycles. The molecule has 0 N–H and O–H groups in total. The molecule has 2 heterocycles. The monoisotopic (exact) mass is 354 g/mol. The van der Waals surface area contributed by atoms with Gasteiger partial charge >= 0.3 is 0 Å². The molecule has 5 nitrogen and oxygen atoms in total. The summed E-state index contributed by atoms with van der Waals surface area (Å²) in [6, 6.07) is 12.1. The molecule has 3 rings (SSSR count). The fourth-order valence-corrected chi connectivity index (χ4v) is 4.11. The largest absolute Gasteiger partial charge is 0.292 e. The van der Waals surface area contributed by atoms with Crippen LogP contribution in [0.1, 0.15) is 27.2 Å². The number of ketones is 1. The van der Waals surface area contributed by atoms with E-state index in [1.165, 1.54) is 12.4 Å². The molecule has 3 aromatic rings. The standard InChI is InChI=1S/C19H18N2O3S/c1-14-6-7-15(2)19(11-14)25(23,24)21-10-8-16(13-21)12-18(22)17-5-3-4-9-20-17/h3-11,13H,12H2,1-2H3. The minimum Gasteiger partial charge on any atom is -0.292 e. The average Bonchev–Trinajstić information content (AvgIpc) is 3.07. The van der Waals surface area contributed by atoms with E-state index in [0.717, 1.165) is 9.54 Å². The third kappa shape index (κ3) is 3.53. The smallest absolute Gasteiger partial charge is 0.267 e. The highest BCUT2D eigenvalue weighted by Gasteiger charge is 2.20. The van der Waals surface area contributed by atoms with Crippen LogP contribution in [0.5, 0.6) is 0 Å². The molecule has 0 bridgehead atoms. The Morgan fingerprint density at radius 2 is 1.92 bits per heavy atom. The number of hydrogen-bond acceptors (Lipinski definition) is 4. The molecular formula is C19H18N2O3S. The van der Waals surface area contributed by atoms with Gasteiger partial charge in [-0.05, 0) is 54.8 Å². The number of Topliss-reactive ketones (excluding diaryl/α,β-unsaturated/α-hetero) is 1. The fourth-order valence-electron chi connectivity index (χ4n) is 2.58. The molecule has 6 heteroatoms. The zero-order valence-corrected chi connectivity index (χ0v) is 14.8. The van der Waals surface area contributed by atoms with Crippen molar-refractivity contribution in [1.82, 2.24) is 8.96 Å². The van der Waals surface area contributed by atoms with E-state index in [4.69, 9.17) is 0 Å². The van der Waals surface area contributed by atoms with E-state index in [-0.39, 0.29) is 17.1 Å². The quantitative estimate of drug-likeness (QED) is 0.660. The maximum Gasteiger partial charge on any atom is 0.267 e. The molecule has 0 atom stereocenters. The number of hydrogen-bond donors (Lipinski definition) is 0. The number of aryl methyl sites for hydroxylation is 2. The second-order valence-corrected chi connectivity index (χ2v) is 7.75. The average molecular weight is 354 g/mol. The summed E-state index contributed by atoms with van der Waals surface area (Å²) in [6.07, 6.45) is 4.62. The van der Waals surface area contributed by atoms with Crippen LogP contribution in [0.2, 0.25) is 0 Å². The first-order valence-corrected chi connectivity index (χ1v) is 9.26. The molecule has 0 spiro atoms. The Kier molecular flexibility index (Phi) is 4.55. The minimum atomic E-state index is -3.68. The molecule has 0 saturated heterocycles. The Morgan fingerprint density at radius 3 is 2.64 bits per heavy atom. The molecule has 25 heavy (non-hydrogen) atoms. The van der Waals surface area contributed by atoms with Gasteiger partial charge in [-0.25, -0.2) is 12.4 Å². The molecule has 0 radical (unpaired) electrons. The van der Waals surface area contributed by atoms with Gasteiger partial charge in [0, 0.05) is 25.0 Å². The van der Waals surface area contributed by atoms with Gasteiger partial charge in [-0.1, -0.05) is 18.2 Å². The van der Waals surface area contributed by atoms with E-state index in [2.05, 4.69) is 4.98 Å². The normalized spacial score (nSPS) is 11.4. The van der Waals surface area contributed by atoms with E-state index in [1.54, 1.807) is 49.5 Å². The summed E-state index contributed by atoms with van der Waals surface area (Å²) < 4.78 is 26.8. The van der Waals surface area contributed by atoms with E-state index in [0.29, 0.717) is 16.8 Å². The lowest BCUT2D eigenvalue weighted by Gasteiger charge is -2.09. The molecule has 0 saturated carbocycles. The maximum absolute atomic E-state index is 12.8. The van der Waals surface area contributed by atoms with Crippen LogP contribution in [0.25, 0.3) is 0 Å². The van der Waals surface area contributed by atoms with Crippen LogP contribution in [0.15, 0.2) is 66.0 Å². The van der Waals surface area contributed by atoms with Crippen molar-refractivity contribution < 1.29 is 13.2 Å². The SMILES string of the molecule is Cc1ccc(C)c(S(=O)(=O)n2ccc(CC(=O)c3ccccn3)c2)c1. The zero-order chi connectivity index (χ0) is 18.0. The van der Waals surface area contributed by atoms with Gasteiger partial charge in [-0.3, -0.25) is 9.78 Å². The maximum atomic E-state index is 12.8. The van der Waals surface area contributed by atoms with Gasteiger partial charge in [-0.2, -0.15) is 0 Å². The van der Waals surface area contributed by atoms with Gasteiger partial charge in [0.25, 0.3) is 10.0 Å². The summed E-state index contributed by atoms with van der Waals surface area (Å²) >= 11 is 0. The van der Waals surface area contributed by atoms with Crippen LogP contribution in [0, 0.1) is 13.8 Å². The van der Waals surface area contributed by atoms with Crippen molar-refractivity contribution in [2.75, 3.05) is 0 Å². The first-order chi connectivity index (χ1) is 11.9. The van der Waals surface area contributed by atoms with Gasteiger partial charge in [0.1, 0.15) is 5.69 Å². The van der Waals surface area contributed by atoms with Crippen molar-refractivity contribution in [3.63, 3.8) is 0 Å². The van der Waals surface area contributed by atoms with Gasteiger partial charge in [0.2, 0.25) is 0 Å². The highest BCUT2D eigenvalue weighted by atomic mass is 32.2. The minimum absolute atomic E-state index is 0.104. The number of carbonyl (C=O) groups excluding carboxylic acids is 1. The third-order valence-corrected chi connectivity index (χ3v) is 5.72. The van der Waals surface area contributed by atoms with Crippen LogP contribution in [-0.4, -0.2) is 23.2 Å². The van der Waals surface area contributed by atoms with E-state index in [1.807, 2.05) is 13.0 Å². The highest BCUT2D eigenvalue weighted by Crippen LogP contribution is 2.21. The van der Waals surface area contributed by atoms with Crippen molar-refractivity contribution in [1.29, 1.82) is 0 Å². The Hall–Kier alpha value is -2.73. The van der Waals surface area contributed by atoms with E-state index in [9.17, 15) is 13.2 Å². The lowest BCUT2D eigenvalue weighted by Crippen LogP contribution is -2.13. The zero-order valence-electron chi connectivity index (χ0n) is 14.0. The van der Waals surface area contributed by atoms with Gasteiger partial charge in [-0.15, -0.1) is 0 Å². The molecule has 128 valence electrons. The summed E-state index contributed by atoms with van der Waals surface area (Å²) in [5, 5.41) is 0. The summed E-state index contributed by atoms with van der Waals surface area (Å²) in [6.45, 7) is 3.62. The molecule has 0 unspecified atom stereocenters. The molecule has 2 aromatic heterocycles. The molecule has 0 fully saturated rings. The molecule has 0 aliphatic rings. The first-order valence-electron chi connectivity index (χ1n) is 7.82. The van der Waals surface area contributed by atoms with E-state index >= 15 is 0 Å². The summed E-state index contributed by atoms with van der Waals surface area (Å²) in [7, 11) is -3.68. The fraction of sp³-hybridized carbons (Fsp3) is 0.158. The Balaban J connectivity index is 1.88. The Bertz CT molecular complexity index is 1020. The molecule has 0 aliphatic heterocycles. The van der Waals surface area contributed by atoms with Crippen molar-refractivity contribution in [3.05, 3.63) is 83.4 Å². The van der Waals surface area contributed by atoms with Crippen LogP contribution in [0.4, 0.5) is 0 Å². The van der Waals surface area contributed by atoms with Crippen LogP contribution in [-0.2, 0) is 16.4 Å². The lowest BCUT2D eigenvalue weighted by atomic mass is 10.1. The number of nitrogens with zero attached hydrogens (tertiary/aromatic N) is 2. The Labute approximate surface area is 147 Å². The van der Waals surface area contributed by atoms with Crippen LogP contribution < -0.4 is 0 Å². The van der Waals surface area contributed by atoms with Crippen LogP contribution in [0.3, 0.4) is 0 Å². The number of aromatic nitrogens is 2. The Morgan fingerprint density at radius 1 is 1.12 bits per heavy atom. The van der Waals surface area contributed by atoms with Gasteiger partial charge < -0.3 is 0 Å². The molecule has 0 aliphatic carbocycles. The second-order valence-electron chi connectivity index (χ2n) is 5.94. The van der Waals surface area contributed by atoms with Crippen molar-refractivity contribution >= 4 is 15.8 Å². The number of benzene rings is 1. The van der Waals surface area contributed by atoms with Crippen molar-refractivity contribution in [2.24, 2.45) is 0 Å².